The van der Waals surface area contributed by atoms with Gasteiger partial charge in [0.2, 0.25) is 5.91 Å². The third kappa shape index (κ3) is 9.62. The predicted molar refractivity (Wildman–Crippen MR) is 184 cm³/mol. The summed E-state index contributed by atoms with van der Waals surface area (Å²) in [5.74, 6) is -0.238. The minimum Gasteiger partial charge on any atom is -0.384 e. The average Bonchev–Trinajstić information content (AvgIpc) is 2.96. The number of carbonyl (C=O) groups is 2. The van der Waals surface area contributed by atoms with E-state index in [2.05, 4.69) is 39.6 Å². The summed E-state index contributed by atoms with van der Waals surface area (Å²) in [4.78, 5) is 46.0. The molecule has 1 heterocycles. The number of aryl methyl sites for hydroxylation is 2. The van der Waals surface area contributed by atoms with Crippen LogP contribution in [0.5, 0.6) is 0 Å². The van der Waals surface area contributed by atoms with Crippen molar-refractivity contribution < 1.29 is 9.59 Å². The van der Waals surface area contributed by atoms with E-state index in [0.717, 1.165) is 35.3 Å². The van der Waals surface area contributed by atoms with Crippen molar-refractivity contribution in [2.75, 3.05) is 39.0 Å². The number of nitrogens with zero attached hydrogens (tertiary/aromatic N) is 2. The lowest BCUT2D eigenvalue weighted by Gasteiger charge is -2.29. The Hall–Kier alpha value is -4.24. The Bertz CT molecular complexity index is 1550. The Kier molecular flexibility index (Phi) is 12.3. The van der Waals surface area contributed by atoms with Crippen LogP contribution in [0, 0.1) is 24.7 Å². The predicted octanol–water partition coefficient (Wildman–Crippen LogP) is 5.73. The number of hydrogen-bond donors (Lipinski definition) is 4. The van der Waals surface area contributed by atoms with Gasteiger partial charge in [-0.1, -0.05) is 52.0 Å². The van der Waals surface area contributed by atoms with E-state index in [0.29, 0.717) is 48.4 Å². The molecule has 0 atom stereocenters. The zero-order chi connectivity index (χ0) is 33.3. The third-order valence-corrected chi connectivity index (χ3v) is 7.62. The van der Waals surface area contributed by atoms with Crippen LogP contribution in [0.3, 0.4) is 0 Å². The highest BCUT2D eigenvalue weighted by Crippen LogP contribution is 2.29. The number of aromatic amines is 1. The highest BCUT2D eigenvalue weighted by Gasteiger charge is 2.26. The molecule has 0 aliphatic heterocycles. The fourth-order valence-corrected chi connectivity index (χ4v) is 5.39. The molecule has 0 fully saturated rings. The lowest BCUT2D eigenvalue weighted by Crippen LogP contribution is -2.41. The van der Waals surface area contributed by atoms with Crippen molar-refractivity contribution in [3.8, 4) is 11.1 Å². The fourth-order valence-electron chi connectivity index (χ4n) is 5.39. The van der Waals surface area contributed by atoms with Crippen LogP contribution in [-0.2, 0) is 17.9 Å². The van der Waals surface area contributed by atoms with E-state index in [1.165, 1.54) is 11.8 Å². The highest BCUT2D eigenvalue weighted by molar-refractivity contribution is 6.06. The normalized spacial score (nSPS) is 11.4. The Morgan fingerprint density at radius 2 is 1.69 bits per heavy atom. The number of aromatic nitrogens is 1. The van der Waals surface area contributed by atoms with Gasteiger partial charge in [0.15, 0.2) is 0 Å². The molecule has 0 radical (unpaired) electrons. The van der Waals surface area contributed by atoms with Crippen LogP contribution in [0.4, 0.5) is 5.69 Å². The lowest BCUT2D eigenvalue weighted by atomic mass is 9.94. The Morgan fingerprint density at radius 3 is 2.27 bits per heavy atom. The Balaban J connectivity index is 1.92. The minimum atomic E-state index is -0.448. The van der Waals surface area contributed by atoms with E-state index >= 15 is 0 Å². The number of hydrogen-bond acceptors (Lipinski definition) is 6. The van der Waals surface area contributed by atoms with Crippen molar-refractivity contribution in [2.24, 2.45) is 5.41 Å². The van der Waals surface area contributed by atoms with Crippen LogP contribution in [0.15, 0.2) is 47.3 Å². The number of carbonyl (C=O) groups excluding carboxylic acids is 2. The zero-order valence-corrected chi connectivity index (χ0v) is 28.2. The van der Waals surface area contributed by atoms with Gasteiger partial charge in [-0.25, -0.2) is 0 Å². The van der Waals surface area contributed by atoms with Crippen molar-refractivity contribution in [3.63, 3.8) is 0 Å². The van der Waals surface area contributed by atoms with Gasteiger partial charge in [-0.05, 0) is 81.2 Å². The SMILES string of the molecule is CCCN(CCCNc1cc(-c2ccc(CN(C)C)cc2)cc(C(=O)NCc2c(C)cc(C)[nH]c2=O)c1C=N)C(=O)C(C)(C)C. The molecule has 4 N–H and O–H groups in total. The number of benzene rings is 2. The van der Waals surface area contributed by atoms with Gasteiger partial charge in [-0.15, -0.1) is 0 Å². The van der Waals surface area contributed by atoms with Crippen LogP contribution < -0.4 is 16.2 Å². The molecule has 3 aromatic rings. The van der Waals surface area contributed by atoms with Gasteiger partial charge in [-0.3, -0.25) is 14.4 Å². The molecule has 2 amide bonds. The first-order valence-corrected chi connectivity index (χ1v) is 15.7. The second-order valence-corrected chi connectivity index (χ2v) is 13.0. The molecule has 0 aliphatic carbocycles. The van der Waals surface area contributed by atoms with Crippen molar-refractivity contribution in [2.45, 2.75) is 67.5 Å². The molecular weight excluding hydrogens is 564 g/mol. The maximum atomic E-state index is 13.7. The number of pyridine rings is 1. The number of H-pyrrole nitrogens is 1. The Morgan fingerprint density at radius 1 is 1.00 bits per heavy atom. The Labute approximate surface area is 267 Å². The first kappa shape index (κ1) is 35.2. The molecule has 9 heteroatoms. The van der Waals surface area contributed by atoms with E-state index in [4.69, 9.17) is 5.41 Å². The molecule has 242 valence electrons. The summed E-state index contributed by atoms with van der Waals surface area (Å²) in [5, 5.41) is 14.6. The second kappa shape index (κ2) is 15.7. The van der Waals surface area contributed by atoms with Crippen molar-refractivity contribution in [1.29, 1.82) is 5.41 Å². The molecule has 0 saturated carbocycles. The first-order chi connectivity index (χ1) is 21.2. The van der Waals surface area contributed by atoms with Gasteiger partial charge < -0.3 is 30.8 Å². The van der Waals surface area contributed by atoms with Gasteiger partial charge >= 0.3 is 0 Å². The maximum Gasteiger partial charge on any atom is 0.253 e. The molecule has 9 nitrogen and oxygen atoms in total. The van der Waals surface area contributed by atoms with E-state index in [1.54, 1.807) is 6.07 Å². The topological polar surface area (TPSA) is 121 Å². The quantitative estimate of drug-likeness (QED) is 0.136. The van der Waals surface area contributed by atoms with Gasteiger partial charge in [0.05, 0.1) is 5.56 Å². The van der Waals surface area contributed by atoms with E-state index in [1.807, 2.05) is 77.9 Å². The van der Waals surface area contributed by atoms with E-state index in [9.17, 15) is 14.4 Å². The lowest BCUT2D eigenvalue weighted by molar-refractivity contribution is -0.139. The molecule has 0 bridgehead atoms. The molecule has 3 rings (SSSR count). The van der Waals surface area contributed by atoms with E-state index in [-0.39, 0.29) is 23.9 Å². The molecule has 0 saturated heterocycles. The molecule has 0 aliphatic rings. The van der Waals surface area contributed by atoms with E-state index < -0.39 is 5.41 Å². The molecule has 0 unspecified atom stereocenters. The van der Waals surface area contributed by atoms with Gasteiger partial charge in [-0.2, -0.15) is 0 Å². The van der Waals surface area contributed by atoms with Crippen LogP contribution in [-0.4, -0.2) is 66.5 Å². The average molecular weight is 615 g/mol. The molecule has 0 spiro atoms. The van der Waals surface area contributed by atoms with Crippen molar-refractivity contribution in [3.05, 3.63) is 86.3 Å². The number of rotatable bonds is 14. The molecule has 45 heavy (non-hydrogen) atoms. The number of anilines is 1. The molecule has 2 aromatic carbocycles. The first-order valence-electron chi connectivity index (χ1n) is 15.7. The highest BCUT2D eigenvalue weighted by atomic mass is 16.2. The summed E-state index contributed by atoms with van der Waals surface area (Å²) in [5.41, 5.74) is 5.83. The van der Waals surface area contributed by atoms with Crippen molar-refractivity contribution >= 4 is 23.7 Å². The van der Waals surface area contributed by atoms with Gasteiger partial charge in [0, 0.05) is 66.9 Å². The minimum absolute atomic E-state index is 0.0685. The third-order valence-electron chi connectivity index (χ3n) is 7.62. The summed E-state index contributed by atoms with van der Waals surface area (Å²) in [7, 11) is 4.05. The number of amides is 2. The summed E-state index contributed by atoms with van der Waals surface area (Å²) in [6.45, 7) is 14.3. The molecule has 1 aromatic heterocycles. The molecular formula is C36H50N6O3. The summed E-state index contributed by atoms with van der Waals surface area (Å²) in [6.07, 6.45) is 2.78. The fraction of sp³-hybridized carbons (Fsp3) is 0.444. The second-order valence-electron chi connectivity index (χ2n) is 13.0. The number of nitrogens with one attached hydrogen (secondary N) is 4. The summed E-state index contributed by atoms with van der Waals surface area (Å²) >= 11 is 0. The zero-order valence-electron chi connectivity index (χ0n) is 28.2. The smallest absolute Gasteiger partial charge is 0.253 e. The maximum absolute atomic E-state index is 13.7. The monoisotopic (exact) mass is 614 g/mol. The van der Waals surface area contributed by atoms with Gasteiger partial charge in [0.25, 0.3) is 11.5 Å². The summed E-state index contributed by atoms with van der Waals surface area (Å²) < 4.78 is 0. The largest absolute Gasteiger partial charge is 0.384 e. The standard InChI is InChI=1S/C36H50N6O3/c1-9-16-42(35(45)36(4,5)6)17-10-15-38-32-20-28(27-13-11-26(12-14-27)23-41(7)8)19-29(30(32)21-37)33(43)39-22-31-24(2)18-25(3)40-34(31)44/h11-14,18-21,37-38H,9-10,15-17,22-23H2,1-8H3,(H,39,43)(H,40,44). The van der Waals surface area contributed by atoms with Gasteiger partial charge in [0.1, 0.15) is 0 Å². The van der Waals surface area contributed by atoms with Crippen molar-refractivity contribution in [1.82, 2.24) is 20.1 Å². The van der Waals surface area contributed by atoms with Crippen LogP contribution in [0.1, 0.15) is 78.8 Å². The summed E-state index contributed by atoms with van der Waals surface area (Å²) in [6, 6.07) is 13.9. The van der Waals surface area contributed by atoms with Crippen LogP contribution in [0.2, 0.25) is 0 Å². The van der Waals surface area contributed by atoms with Crippen LogP contribution in [0.25, 0.3) is 11.1 Å². The van der Waals surface area contributed by atoms with Crippen LogP contribution >= 0.6 is 0 Å².